The standard InChI is InChI=1S/C23H21N3O3/c1-23(2,3)19-9-4-15(12-17(19)13-24)14-29-18-7-5-16(6-8-18)21-25-11-10-20(26-21)22(27)28/h4-12H,14H2,1-3H3,(H,27,28). The molecule has 6 nitrogen and oxygen atoms in total. The van der Waals surface area contributed by atoms with E-state index in [2.05, 4.69) is 36.8 Å². The molecule has 2 aromatic carbocycles. The average molecular weight is 387 g/mol. The molecule has 0 fully saturated rings. The van der Waals surface area contributed by atoms with E-state index in [1.165, 1.54) is 12.3 Å². The molecule has 0 spiro atoms. The first-order chi connectivity index (χ1) is 13.8. The van der Waals surface area contributed by atoms with Crippen LogP contribution in [0.25, 0.3) is 11.4 Å². The van der Waals surface area contributed by atoms with Crippen molar-refractivity contribution in [3.63, 3.8) is 0 Å². The third-order valence-electron chi connectivity index (χ3n) is 4.41. The molecule has 0 aliphatic rings. The molecule has 0 radical (unpaired) electrons. The van der Waals surface area contributed by atoms with Gasteiger partial charge in [-0.2, -0.15) is 5.26 Å². The molecule has 1 N–H and O–H groups in total. The zero-order valence-corrected chi connectivity index (χ0v) is 16.5. The lowest BCUT2D eigenvalue weighted by Gasteiger charge is -2.21. The summed E-state index contributed by atoms with van der Waals surface area (Å²) >= 11 is 0. The summed E-state index contributed by atoms with van der Waals surface area (Å²) in [7, 11) is 0. The van der Waals surface area contributed by atoms with E-state index in [9.17, 15) is 10.1 Å². The summed E-state index contributed by atoms with van der Waals surface area (Å²) in [6.07, 6.45) is 1.42. The highest BCUT2D eigenvalue weighted by atomic mass is 16.5. The van der Waals surface area contributed by atoms with E-state index in [4.69, 9.17) is 9.84 Å². The fourth-order valence-electron chi connectivity index (χ4n) is 2.91. The van der Waals surface area contributed by atoms with Crippen molar-refractivity contribution in [3.05, 3.63) is 77.1 Å². The predicted molar refractivity (Wildman–Crippen MR) is 109 cm³/mol. The summed E-state index contributed by atoms with van der Waals surface area (Å²) in [6, 6.07) is 16.5. The molecule has 0 saturated carbocycles. The maximum atomic E-state index is 11.0. The molecule has 0 unspecified atom stereocenters. The minimum Gasteiger partial charge on any atom is -0.489 e. The third kappa shape index (κ3) is 4.77. The monoisotopic (exact) mass is 387 g/mol. The number of nitriles is 1. The van der Waals surface area contributed by atoms with Crippen LogP contribution >= 0.6 is 0 Å². The Bertz CT molecular complexity index is 1080. The number of hydrogen-bond acceptors (Lipinski definition) is 5. The van der Waals surface area contributed by atoms with Crippen LogP contribution in [0.15, 0.2) is 54.7 Å². The molecule has 1 aromatic heterocycles. The molecule has 3 rings (SSSR count). The van der Waals surface area contributed by atoms with Gasteiger partial charge < -0.3 is 9.84 Å². The van der Waals surface area contributed by atoms with Gasteiger partial charge in [-0.25, -0.2) is 14.8 Å². The molecule has 0 aliphatic heterocycles. The van der Waals surface area contributed by atoms with Crippen LogP contribution in [0, 0.1) is 11.3 Å². The van der Waals surface area contributed by atoms with Gasteiger partial charge in [0.15, 0.2) is 11.5 Å². The first-order valence-corrected chi connectivity index (χ1v) is 9.11. The predicted octanol–water partition coefficient (Wildman–Crippen LogP) is 4.59. The van der Waals surface area contributed by atoms with Crippen molar-refractivity contribution in [2.45, 2.75) is 32.8 Å². The number of carboxylic acids is 1. The molecule has 0 bridgehead atoms. The van der Waals surface area contributed by atoms with E-state index >= 15 is 0 Å². The Kier molecular flexibility index (Phi) is 5.60. The van der Waals surface area contributed by atoms with Crippen LogP contribution < -0.4 is 4.74 Å². The number of aromatic nitrogens is 2. The maximum Gasteiger partial charge on any atom is 0.354 e. The average Bonchev–Trinajstić information content (AvgIpc) is 2.71. The van der Waals surface area contributed by atoms with Gasteiger partial charge in [-0.05, 0) is 52.9 Å². The minimum absolute atomic E-state index is 0.0534. The van der Waals surface area contributed by atoms with Crippen LogP contribution in [0.5, 0.6) is 5.75 Å². The van der Waals surface area contributed by atoms with Crippen molar-refractivity contribution < 1.29 is 14.6 Å². The van der Waals surface area contributed by atoms with E-state index in [-0.39, 0.29) is 11.1 Å². The summed E-state index contributed by atoms with van der Waals surface area (Å²) in [5.41, 5.74) is 3.13. The van der Waals surface area contributed by atoms with Crippen molar-refractivity contribution in [2.24, 2.45) is 0 Å². The Morgan fingerprint density at radius 1 is 1.14 bits per heavy atom. The van der Waals surface area contributed by atoms with Crippen LogP contribution in [0.2, 0.25) is 0 Å². The smallest absolute Gasteiger partial charge is 0.354 e. The molecule has 0 amide bonds. The van der Waals surface area contributed by atoms with Gasteiger partial charge in [0, 0.05) is 11.8 Å². The Hall–Kier alpha value is -3.72. The SMILES string of the molecule is CC(C)(C)c1ccc(COc2ccc(-c3nccc(C(=O)O)n3)cc2)cc1C#N. The van der Waals surface area contributed by atoms with Gasteiger partial charge in [-0.1, -0.05) is 32.9 Å². The zero-order chi connectivity index (χ0) is 21.0. The molecule has 146 valence electrons. The molecular formula is C23H21N3O3. The second-order valence-corrected chi connectivity index (χ2v) is 7.63. The largest absolute Gasteiger partial charge is 0.489 e. The summed E-state index contributed by atoms with van der Waals surface area (Å²) in [5.74, 6) is -0.0998. The van der Waals surface area contributed by atoms with E-state index < -0.39 is 5.97 Å². The van der Waals surface area contributed by atoms with E-state index in [0.717, 1.165) is 11.1 Å². The summed E-state index contributed by atoms with van der Waals surface area (Å²) in [5, 5.41) is 18.5. The van der Waals surface area contributed by atoms with Gasteiger partial charge in [0.05, 0.1) is 11.6 Å². The molecule has 0 atom stereocenters. The quantitative estimate of drug-likeness (QED) is 0.688. The number of hydrogen-bond donors (Lipinski definition) is 1. The molecule has 0 aliphatic carbocycles. The van der Waals surface area contributed by atoms with Crippen LogP contribution in [-0.2, 0) is 12.0 Å². The van der Waals surface area contributed by atoms with Crippen LogP contribution in [0.3, 0.4) is 0 Å². The fraction of sp³-hybridized carbons (Fsp3) is 0.217. The van der Waals surface area contributed by atoms with Crippen molar-refractivity contribution in [3.8, 4) is 23.2 Å². The Morgan fingerprint density at radius 2 is 1.86 bits per heavy atom. The number of carbonyl (C=O) groups is 1. The lowest BCUT2D eigenvalue weighted by molar-refractivity contribution is 0.0690. The number of ether oxygens (including phenoxy) is 1. The maximum absolute atomic E-state index is 11.0. The van der Waals surface area contributed by atoms with Gasteiger partial charge in [0.1, 0.15) is 12.4 Å². The Labute approximate surface area is 169 Å². The second-order valence-electron chi connectivity index (χ2n) is 7.63. The topological polar surface area (TPSA) is 96.1 Å². The molecule has 0 saturated heterocycles. The Balaban J connectivity index is 1.72. The first kappa shape index (κ1) is 20.0. The van der Waals surface area contributed by atoms with E-state index in [0.29, 0.717) is 29.3 Å². The van der Waals surface area contributed by atoms with Crippen molar-refractivity contribution in [1.82, 2.24) is 9.97 Å². The van der Waals surface area contributed by atoms with Gasteiger partial charge in [0.2, 0.25) is 0 Å². The number of benzene rings is 2. The van der Waals surface area contributed by atoms with E-state index in [1.54, 1.807) is 24.3 Å². The van der Waals surface area contributed by atoms with Crippen molar-refractivity contribution >= 4 is 5.97 Å². The van der Waals surface area contributed by atoms with Gasteiger partial charge in [-0.3, -0.25) is 0 Å². The van der Waals surface area contributed by atoms with Crippen LogP contribution in [0.1, 0.15) is 48.0 Å². The fourth-order valence-corrected chi connectivity index (χ4v) is 2.91. The number of nitrogens with zero attached hydrogens (tertiary/aromatic N) is 3. The highest BCUT2D eigenvalue weighted by Gasteiger charge is 2.18. The number of rotatable bonds is 5. The number of aromatic carboxylic acids is 1. The zero-order valence-electron chi connectivity index (χ0n) is 16.5. The van der Waals surface area contributed by atoms with Crippen molar-refractivity contribution in [2.75, 3.05) is 0 Å². The molecule has 1 heterocycles. The Morgan fingerprint density at radius 3 is 2.48 bits per heavy atom. The summed E-state index contributed by atoms with van der Waals surface area (Å²) in [4.78, 5) is 19.2. The molecular weight excluding hydrogens is 366 g/mol. The summed E-state index contributed by atoms with van der Waals surface area (Å²) < 4.78 is 5.83. The lowest BCUT2D eigenvalue weighted by atomic mass is 9.83. The normalized spacial score (nSPS) is 11.0. The third-order valence-corrected chi connectivity index (χ3v) is 4.41. The molecule has 3 aromatic rings. The van der Waals surface area contributed by atoms with Crippen LogP contribution in [0.4, 0.5) is 0 Å². The van der Waals surface area contributed by atoms with Crippen LogP contribution in [-0.4, -0.2) is 21.0 Å². The summed E-state index contributed by atoms with van der Waals surface area (Å²) in [6.45, 7) is 6.58. The lowest BCUT2D eigenvalue weighted by Crippen LogP contribution is -2.13. The van der Waals surface area contributed by atoms with E-state index in [1.807, 2.05) is 18.2 Å². The second kappa shape index (κ2) is 8.11. The molecule has 6 heteroatoms. The van der Waals surface area contributed by atoms with Gasteiger partial charge in [0.25, 0.3) is 0 Å². The highest BCUT2D eigenvalue weighted by molar-refractivity contribution is 5.85. The van der Waals surface area contributed by atoms with Crippen molar-refractivity contribution in [1.29, 1.82) is 5.26 Å². The first-order valence-electron chi connectivity index (χ1n) is 9.11. The van der Waals surface area contributed by atoms with Gasteiger partial charge >= 0.3 is 5.97 Å². The molecule has 29 heavy (non-hydrogen) atoms. The minimum atomic E-state index is -1.09. The van der Waals surface area contributed by atoms with Gasteiger partial charge in [-0.15, -0.1) is 0 Å². The highest BCUT2D eigenvalue weighted by Crippen LogP contribution is 2.27. The number of carboxylic acid groups (broad SMARTS) is 1.